The maximum atomic E-state index is 6.48. The number of rotatable bonds is 3. The lowest BCUT2D eigenvalue weighted by Crippen LogP contribution is -2.14. The van der Waals surface area contributed by atoms with E-state index >= 15 is 0 Å². The second-order valence-electron chi connectivity index (χ2n) is 16.0. The molecule has 0 aliphatic heterocycles. The Labute approximate surface area is 325 Å². The molecule has 0 spiro atoms. The molecule has 0 atom stereocenters. The topological polar surface area (TPSA) is 13.1 Å². The Morgan fingerprint density at radius 3 is 1.62 bits per heavy atom. The van der Waals surface area contributed by atoms with Gasteiger partial charge in [0.15, 0.2) is 0 Å². The zero-order chi connectivity index (χ0) is 37.1. The monoisotopic (exact) mass is 712 g/mol. The van der Waals surface area contributed by atoms with Gasteiger partial charge in [0, 0.05) is 21.6 Å². The van der Waals surface area contributed by atoms with Crippen molar-refractivity contribution in [2.45, 2.75) is 19.3 Å². The molecule has 1 aliphatic rings. The first-order valence-electron chi connectivity index (χ1n) is 19.6. The van der Waals surface area contributed by atoms with Crippen LogP contribution in [0.15, 0.2) is 186 Å². The summed E-state index contributed by atoms with van der Waals surface area (Å²) in [5.74, 6) is 0. The van der Waals surface area contributed by atoms with E-state index in [1.54, 1.807) is 0 Å². The van der Waals surface area contributed by atoms with Crippen molar-refractivity contribution in [1.82, 2.24) is 0 Å². The molecule has 1 heterocycles. The van der Waals surface area contributed by atoms with Crippen LogP contribution in [0.4, 0.5) is 0 Å². The molecule has 0 amide bonds. The summed E-state index contributed by atoms with van der Waals surface area (Å²) >= 11 is 0. The molecule has 10 aromatic carbocycles. The molecule has 0 N–H and O–H groups in total. The van der Waals surface area contributed by atoms with Gasteiger partial charge < -0.3 is 4.42 Å². The molecule has 0 unspecified atom stereocenters. The summed E-state index contributed by atoms with van der Waals surface area (Å²) in [6.45, 7) is 4.72. The van der Waals surface area contributed by atoms with Crippen molar-refractivity contribution < 1.29 is 4.42 Å². The summed E-state index contributed by atoms with van der Waals surface area (Å²) in [4.78, 5) is 0. The van der Waals surface area contributed by atoms with E-state index in [-0.39, 0.29) is 5.41 Å². The summed E-state index contributed by atoms with van der Waals surface area (Å²) in [7, 11) is 0. The molecule has 1 heteroatoms. The smallest absolute Gasteiger partial charge is 0.143 e. The van der Waals surface area contributed by atoms with Crippen LogP contribution in [0.5, 0.6) is 0 Å². The molecule has 262 valence electrons. The van der Waals surface area contributed by atoms with Gasteiger partial charge in [0.1, 0.15) is 11.2 Å². The third-order valence-electron chi connectivity index (χ3n) is 12.6. The van der Waals surface area contributed by atoms with E-state index in [4.69, 9.17) is 4.42 Å². The van der Waals surface area contributed by atoms with Crippen molar-refractivity contribution in [3.63, 3.8) is 0 Å². The van der Waals surface area contributed by atoms with Gasteiger partial charge >= 0.3 is 0 Å². The highest BCUT2D eigenvalue weighted by atomic mass is 16.3. The molecule has 56 heavy (non-hydrogen) atoms. The standard InChI is InChI=1S/C55H36O/c1-55(2)49-28-26-37(30-47(49)48-31-38-25-27-45-40-13-9-10-18-51(40)56-54(45)46(38)32-50(48)55)34-19-22-35(23-20-34)52-41-14-5-7-16-43(41)53(44-17-8-6-15-42(44)52)39-24-21-33-11-3-4-12-36(33)29-39/h3-32H,1-2H3. The van der Waals surface area contributed by atoms with Gasteiger partial charge in [0.05, 0.1) is 0 Å². The van der Waals surface area contributed by atoms with E-state index in [0.29, 0.717) is 0 Å². The van der Waals surface area contributed by atoms with Crippen LogP contribution < -0.4 is 0 Å². The van der Waals surface area contributed by atoms with Crippen LogP contribution in [-0.2, 0) is 5.41 Å². The highest BCUT2D eigenvalue weighted by Crippen LogP contribution is 2.52. The Morgan fingerprint density at radius 2 is 0.893 bits per heavy atom. The molecular formula is C55H36O. The lowest BCUT2D eigenvalue weighted by molar-refractivity contribution is 0.660. The summed E-state index contributed by atoms with van der Waals surface area (Å²) in [6.07, 6.45) is 0. The lowest BCUT2D eigenvalue weighted by Gasteiger charge is -2.22. The number of fused-ring (bicyclic) bond motifs is 11. The van der Waals surface area contributed by atoms with E-state index in [1.165, 1.54) is 109 Å². The van der Waals surface area contributed by atoms with Gasteiger partial charge in [-0.1, -0.05) is 159 Å². The van der Waals surface area contributed by atoms with Crippen LogP contribution in [0.1, 0.15) is 25.0 Å². The first-order chi connectivity index (χ1) is 27.5. The lowest BCUT2D eigenvalue weighted by atomic mass is 9.81. The van der Waals surface area contributed by atoms with E-state index in [9.17, 15) is 0 Å². The zero-order valence-corrected chi connectivity index (χ0v) is 31.2. The molecule has 0 saturated heterocycles. The fourth-order valence-electron chi connectivity index (χ4n) is 9.86. The summed E-state index contributed by atoms with van der Waals surface area (Å²) in [5, 5.41) is 12.3. The van der Waals surface area contributed by atoms with E-state index < -0.39 is 0 Å². The first kappa shape index (κ1) is 31.4. The number of furan rings is 1. The third-order valence-corrected chi connectivity index (χ3v) is 12.6. The zero-order valence-electron chi connectivity index (χ0n) is 31.2. The molecule has 12 rings (SSSR count). The minimum Gasteiger partial charge on any atom is -0.455 e. The van der Waals surface area contributed by atoms with Crippen molar-refractivity contribution in [2.75, 3.05) is 0 Å². The quantitative estimate of drug-likeness (QED) is 0.166. The predicted molar refractivity (Wildman–Crippen MR) is 238 cm³/mol. The number of benzene rings is 10. The number of hydrogen-bond donors (Lipinski definition) is 0. The average Bonchev–Trinajstić information content (AvgIpc) is 3.73. The van der Waals surface area contributed by atoms with Gasteiger partial charge in [-0.25, -0.2) is 0 Å². The van der Waals surface area contributed by atoms with E-state index in [2.05, 4.69) is 190 Å². The Bertz CT molecular complexity index is 3370. The third kappa shape index (κ3) is 4.43. The molecule has 0 saturated carbocycles. The fraction of sp³-hybridized carbons (Fsp3) is 0.0545. The molecule has 1 aromatic heterocycles. The summed E-state index contributed by atoms with van der Waals surface area (Å²) in [6, 6.07) is 67.3. The van der Waals surface area contributed by atoms with Crippen molar-refractivity contribution in [2.24, 2.45) is 0 Å². The number of para-hydroxylation sites is 1. The van der Waals surface area contributed by atoms with Gasteiger partial charge in [-0.3, -0.25) is 0 Å². The Morgan fingerprint density at radius 1 is 0.339 bits per heavy atom. The van der Waals surface area contributed by atoms with Crippen molar-refractivity contribution >= 4 is 65.0 Å². The molecule has 0 fully saturated rings. The highest BCUT2D eigenvalue weighted by molar-refractivity contribution is 6.22. The summed E-state index contributed by atoms with van der Waals surface area (Å²) < 4.78 is 6.48. The second kappa shape index (κ2) is 11.5. The largest absolute Gasteiger partial charge is 0.455 e. The first-order valence-corrected chi connectivity index (χ1v) is 19.6. The minimum atomic E-state index is -0.128. The van der Waals surface area contributed by atoms with Crippen LogP contribution in [-0.4, -0.2) is 0 Å². The van der Waals surface area contributed by atoms with Crippen molar-refractivity contribution in [1.29, 1.82) is 0 Å². The Balaban J connectivity index is 0.975. The number of hydrogen-bond acceptors (Lipinski definition) is 1. The van der Waals surface area contributed by atoms with Crippen LogP contribution in [0, 0.1) is 0 Å². The average molecular weight is 713 g/mol. The summed E-state index contributed by atoms with van der Waals surface area (Å²) in [5.41, 5.74) is 14.6. The fourth-order valence-corrected chi connectivity index (χ4v) is 9.86. The minimum absolute atomic E-state index is 0.128. The van der Waals surface area contributed by atoms with Gasteiger partial charge in [-0.05, 0) is 130 Å². The molecule has 1 aliphatic carbocycles. The SMILES string of the molecule is CC1(C)c2ccc(-c3ccc(-c4c5ccccc5c(-c5ccc6ccccc6c5)c5ccccc45)cc3)cc2-c2cc3ccc4c5ccccc5oc4c3cc21. The van der Waals surface area contributed by atoms with Crippen molar-refractivity contribution in [3.8, 4) is 44.5 Å². The van der Waals surface area contributed by atoms with Crippen LogP contribution in [0.3, 0.4) is 0 Å². The van der Waals surface area contributed by atoms with Crippen molar-refractivity contribution in [3.05, 3.63) is 193 Å². The van der Waals surface area contributed by atoms with Gasteiger partial charge in [0.2, 0.25) is 0 Å². The Hall–Kier alpha value is -6.96. The predicted octanol–water partition coefficient (Wildman–Crippen LogP) is 15.5. The molecular weight excluding hydrogens is 677 g/mol. The van der Waals surface area contributed by atoms with E-state index in [1.807, 2.05) is 6.07 Å². The van der Waals surface area contributed by atoms with Gasteiger partial charge in [-0.15, -0.1) is 0 Å². The van der Waals surface area contributed by atoms with Crippen LogP contribution >= 0.6 is 0 Å². The van der Waals surface area contributed by atoms with Gasteiger partial charge in [-0.2, -0.15) is 0 Å². The van der Waals surface area contributed by atoms with Crippen LogP contribution in [0.25, 0.3) is 110 Å². The maximum absolute atomic E-state index is 6.48. The Kier molecular flexibility index (Phi) is 6.46. The molecule has 11 aromatic rings. The normalized spacial score (nSPS) is 13.3. The van der Waals surface area contributed by atoms with E-state index in [0.717, 1.165) is 11.2 Å². The van der Waals surface area contributed by atoms with Gasteiger partial charge in [0.25, 0.3) is 0 Å². The molecule has 0 radical (unpaired) electrons. The van der Waals surface area contributed by atoms with Crippen LogP contribution in [0.2, 0.25) is 0 Å². The molecule has 0 bridgehead atoms. The maximum Gasteiger partial charge on any atom is 0.143 e. The second-order valence-corrected chi connectivity index (χ2v) is 16.0. The highest BCUT2D eigenvalue weighted by Gasteiger charge is 2.36. The molecule has 1 nitrogen and oxygen atoms in total.